The van der Waals surface area contributed by atoms with Gasteiger partial charge in [-0.3, -0.25) is 0 Å². The van der Waals surface area contributed by atoms with Crippen LogP contribution in [0.25, 0.3) is 0 Å². The van der Waals surface area contributed by atoms with Crippen molar-refractivity contribution < 1.29 is 17.9 Å². The van der Waals surface area contributed by atoms with E-state index in [1.54, 1.807) is 0 Å². The Morgan fingerprint density at radius 3 is 2.23 bits per heavy atom. The summed E-state index contributed by atoms with van der Waals surface area (Å²) >= 11 is 5.66. The van der Waals surface area contributed by atoms with Gasteiger partial charge in [0.05, 0.1) is 17.2 Å². The second-order valence-electron chi connectivity index (χ2n) is 6.65. The summed E-state index contributed by atoms with van der Waals surface area (Å²) in [6.07, 6.45) is -1.29. The van der Waals surface area contributed by atoms with Crippen molar-refractivity contribution in [1.82, 2.24) is 9.97 Å². The summed E-state index contributed by atoms with van der Waals surface area (Å²) in [6, 6.07) is 10.7. The van der Waals surface area contributed by atoms with E-state index in [4.69, 9.17) is 22.1 Å². The molecule has 10 heteroatoms. The molecule has 0 unspecified atom stereocenters. The standard InChI is InChI=1S/C21H21ClF3N5O/c1-2-3-10-31-15-7-4-13(5-8-15)29-19-18(26)20(28-12-27-19)30-14-6-9-17(22)16(11-14)21(23,24)25/h4-9,11-12H,2-3,10,26H2,1H3,(H2,27,28,29,30). The lowest BCUT2D eigenvalue weighted by molar-refractivity contribution is -0.137. The van der Waals surface area contributed by atoms with Gasteiger partial charge in [0.2, 0.25) is 0 Å². The highest BCUT2D eigenvalue weighted by Gasteiger charge is 2.33. The molecule has 0 spiro atoms. The average Bonchev–Trinajstić information content (AvgIpc) is 2.73. The molecule has 164 valence electrons. The minimum Gasteiger partial charge on any atom is -0.494 e. The number of nitrogen functional groups attached to an aromatic ring is 1. The molecule has 2 aromatic carbocycles. The molecule has 0 aliphatic carbocycles. The van der Waals surface area contributed by atoms with Crippen molar-refractivity contribution in [2.45, 2.75) is 25.9 Å². The lowest BCUT2D eigenvalue weighted by Gasteiger charge is -2.15. The van der Waals surface area contributed by atoms with E-state index in [1.807, 2.05) is 24.3 Å². The van der Waals surface area contributed by atoms with Gasteiger partial charge in [-0.2, -0.15) is 13.2 Å². The third-order valence-electron chi connectivity index (χ3n) is 4.30. The molecule has 0 saturated heterocycles. The molecule has 3 aromatic rings. The van der Waals surface area contributed by atoms with Gasteiger partial charge in [0.1, 0.15) is 17.8 Å². The number of benzene rings is 2. The lowest BCUT2D eigenvalue weighted by atomic mass is 10.2. The summed E-state index contributed by atoms with van der Waals surface area (Å²) in [7, 11) is 0. The Kier molecular flexibility index (Phi) is 7.06. The fraction of sp³-hybridized carbons (Fsp3) is 0.238. The average molecular weight is 452 g/mol. The number of halogens is 4. The molecule has 0 radical (unpaired) electrons. The molecule has 0 fully saturated rings. The van der Waals surface area contributed by atoms with Crippen LogP contribution in [0.2, 0.25) is 5.02 Å². The maximum Gasteiger partial charge on any atom is 0.417 e. The first-order valence-corrected chi connectivity index (χ1v) is 9.90. The maximum atomic E-state index is 13.1. The topological polar surface area (TPSA) is 85.1 Å². The number of nitrogens with zero attached hydrogens (tertiary/aromatic N) is 2. The van der Waals surface area contributed by atoms with E-state index in [0.717, 1.165) is 30.7 Å². The first-order valence-electron chi connectivity index (χ1n) is 9.52. The van der Waals surface area contributed by atoms with E-state index in [0.29, 0.717) is 18.1 Å². The molecule has 3 rings (SSSR count). The van der Waals surface area contributed by atoms with Gasteiger partial charge in [0.15, 0.2) is 11.6 Å². The minimum atomic E-state index is -4.58. The van der Waals surface area contributed by atoms with E-state index >= 15 is 0 Å². The second-order valence-corrected chi connectivity index (χ2v) is 7.06. The highest BCUT2D eigenvalue weighted by atomic mass is 35.5. The number of rotatable bonds is 8. The van der Waals surface area contributed by atoms with Crippen LogP contribution in [0.4, 0.5) is 41.9 Å². The van der Waals surface area contributed by atoms with Gasteiger partial charge in [0, 0.05) is 11.4 Å². The van der Waals surface area contributed by atoms with E-state index in [1.165, 1.54) is 12.4 Å². The van der Waals surface area contributed by atoms with Gasteiger partial charge < -0.3 is 21.1 Å². The number of ether oxygens (including phenoxy) is 1. The van der Waals surface area contributed by atoms with Gasteiger partial charge in [-0.05, 0) is 48.9 Å². The third-order valence-corrected chi connectivity index (χ3v) is 4.63. The SMILES string of the molecule is CCCCOc1ccc(Nc2ncnc(Nc3ccc(Cl)c(C(F)(F)F)c3)c2N)cc1. The second kappa shape index (κ2) is 9.74. The number of alkyl halides is 3. The number of nitrogens with one attached hydrogen (secondary N) is 2. The highest BCUT2D eigenvalue weighted by molar-refractivity contribution is 6.31. The normalized spacial score (nSPS) is 11.3. The smallest absolute Gasteiger partial charge is 0.417 e. The van der Waals surface area contributed by atoms with E-state index < -0.39 is 16.8 Å². The van der Waals surface area contributed by atoms with Crippen molar-refractivity contribution in [3.63, 3.8) is 0 Å². The van der Waals surface area contributed by atoms with Crippen molar-refractivity contribution >= 4 is 40.3 Å². The Morgan fingerprint density at radius 2 is 1.61 bits per heavy atom. The quantitative estimate of drug-likeness (QED) is 0.344. The molecule has 0 amide bonds. The van der Waals surface area contributed by atoms with Gasteiger partial charge in [0.25, 0.3) is 0 Å². The van der Waals surface area contributed by atoms with Crippen LogP contribution in [0.15, 0.2) is 48.8 Å². The zero-order chi connectivity index (χ0) is 22.4. The molecule has 0 aliphatic heterocycles. The summed E-state index contributed by atoms with van der Waals surface area (Å²) in [5.41, 5.74) is 6.17. The number of anilines is 5. The molecule has 0 aliphatic rings. The van der Waals surface area contributed by atoms with Gasteiger partial charge in [-0.15, -0.1) is 0 Å². The first kappa shape index (κ1) is 22.5. The molecule has 6 nitrogen and oxygen atoms in total. The molecular weight excluding hydrogens is 431 g/mol. The van der Waals surface area contributed by atoms with Gasteiger partial charge >= 0.3 is 6.18 Å². The minimum absolute atomic E-state index is 0.140. The number of aromatic nitrogens is 2. The molecule has 0 atom stereocenters. The van der Waals surface area contributed by atoms with Crippen LogP contribution < -0.4 is 21.1 Å². The van der Waals surface area contributed by atoms with Crippen molar-refractivity contribution in [2.24, 2.45) is 0 Å². The van der Waals surface area contributed by atoms with E-state index in [2.05, 4.69) is 27.5 Å². The predicted octanol–water partition coefficient (Wildman–Crippen LogP) is 6.40. The largest absolute Gasteiger partial charge is 0.494 e. The zero-order valence-electron chi connectivity index (χ0n) is 16.6. The van der Waals surface area contributed by atoms with Gasteiger partial charge in [-0.1, -0.05) is 24.9 Å². The van der Waals surface area contributed by atoms with Crippen molar-refractivity contribution in [3.05, 3.63) is 59.4 Å². The van der Waals surface area contributed by atoms with Crippen LogP contribution in [0.1, 0.15) is 25.3 Å². The summed E-state index contributed by atoms with van der Waals surface area (Å²) in [5.74, 6) is 1.22. The lowest BCUT2D eigenvalue weighted by Crippen LogP contribution is -2.08. The van der Waals surface area contributed by atoms with Crippen LogP contribution in [-0.4, -0.2) is 16.6 Å². The number of unbranched alkanes of at least 4 members (excludes halogenated alkanes) is 1. The predicted molar refractivity (Wildman–Crippen MR) is 116 cm³/mol. The summed E-state index contributed by atoms with van der Waals surface area (Å²) in [5, 5.41) is 5.46. The maximum absolute atomic E-state index is 13.1. The first-order chi connectivity index (χ1) is 14.8. The van der Waals surface area contributed by atoms with Crippen LogP contribution in [-0.2, 0) is 6.18 Å². The Hall–Kier alpha value is -3.20. The monoisotopic (exact) mass is 451 g/mol. The molecular formula is C21H21ClF3N5O. The highest BCUT2D eigenvalue weighted by Crippen LogP contribution is 2.37. The fourth-order valence-corrected chi connectivity index (χ4v) is 2.88. The Labute approximate surface area is 182 Å². The van der Waals surface area contributed by atoms with Crippen LogP contribution in [0.5, 0.6) is 5.75 Å². The number of hydrogen-bond donors (Lipinski definition) is 3. The summed E-state index contributed by atoms with van der Waals surface area (Å²) < 4.78 is 44.9. The Morgan fingerprint density at radius 1 is 1.00 bits per heavy atom. The van der Waals surface area contributed by atoms with Crippen LogP contribution in [0.3, 0.4) is 0 Å². The summed E-state index contributed by atoms with van der Waals surface area (Å²) in [6.45, 7) is 2.74. The third kappa shape index (κ3) is 5.91. The number of nitrogens with two attached hydrogens (primary N) is 1. The van der Waals surface area contributed by atoms with Gasteiger partial charge in [-0.25, -0.2) is 9.97 Å². The molecule has 1 aromatic heterocycles. The van der Waals surface area contributed by atoms with E-state index in [9.17, 15) is 13.2 Å². The molecule has 0 saturated carbocycles. The van der Waals surface area contributed by atoms with Crippen molar-refractivity contribution in [1.29, 1.82) is 0 Å². The molecule has 4 N–H and O–H groups in total. The Balaban J connectivity index is 1.75. The van der Waals surface area contributed by atoms with Crippen molar-refractivity contribution in [3.8, 4) is 5.75 Å². The van der Waals surface area contributed by atoms with Crippen molar-refractivity contribution in [2.75, 3.05) is 23.0 Å². The molecule has 0 bridgehead atoms. The number of hydrogen-bond acceptors (Lipinski definition) is 6. The fourth-order valence-electron chi connectivity index (χ4n) is 2.66. The van der Waals surface area contributed by atoms with Crippen LogP contribution in [0, 0.1) is 0 Å². The van der Waals surface area contributed by atoms with Crippen LogP contribution >= 0.6 is 11.6 Å². The molecule has 1 heterocycles. The zero-order valence-corrected chi connectivity index (χ0v) is 17.4. The summed E-state index contributed by atoms with van der Waals surface area (Å²) in [4.78, 5) is 8.13. The Bertz CT molecular complexity index is 1030. The molecule has 31 heavy (non-hydrogen) atoms. The van der Waals surface area contributed by atoms with E-state index in [-0.39, 0.29) is 17.2 Å².